The number of aromatic nitrogens is 2. The number of hydrogen-bond donors (Lipinski definition) is 0. The first-order valence-electron chi connectivity index (χ1n) is 5.67. The van der Waals surface area contributed by atoms with E-state index in [9.17, 15) is 17.6 Å². The molecule has 0 unspecified atom stereocenters. The van der Waals surface area contributed by atoms with Crippen molar-refractivity contribution in [3.8, 4) is 0 Å². The van der Waals surface area contributed by atoms with Crippen molar-refractivity contribution in [3.05, 3.63) is 47.4 Å². The van der Waals surface area contributed by atoms with E-state index in [1.165, 1.54) is 12.1 Å². The van der Waals surface area contributed by atoms with Gasteiger partial charge in [-0.1, -0.05) is 12.1 Å². The molecule has 2 aromatic rings. The van der Waals surface area contributed by atoms with Crippen molar-refractivity contribution in [1.82, 2.24) is 15.1 Å². The Morgan fingerprint density at radius 1 is 1.20 bits per heavy atom. The van der Waals surface area contributed by atoms with Crippen molar-refractivity contribution in [2.75, 3.05) is 7.05 Å². The van der Waals surface area contributed by atoms with Gasteiger partial charge in [0.25, 0.3) is 0 Å². The lowest BCUT2D eigenvalue weighted by atomic mass is 10.2. The zero-order chi connectivity index (χ0) is 14.8. The van der Waals surface area contributed by atoms with Crippen molar-refractivity contribution >= 4 is 0 Å². The molecule has 0 fully saturated rings. The second-order valence-corrected chi connectivity index (χ2v) is 4.30. The minimum Gasteiger partial charge on any atom is -0.416 e. The number of benzene rings is 1. The average molecular weight is 289 g/mol. The topological polar surface area (TPSA) is 42.2 Å². The predicted octanol–water partition coefficient (Wildman–Crippen LogP) is 2.86. The fraction of sp³-hybridized carbons (Fsp3) is 0.333. The Bertz CT molecular complexity index is 582. The van der Waals surface area contributed by atoms with Crippen LogP contribution in [0.15, 0.2) is 28.7 Å². The van der Waals surface area contributed by atoms with E-state index < -0.39 is 12.1 Å². The summed E-state index contributed by atoms with van der Waals surface area (Å²) < 4.78 is 54.3. The van der Waals surface area contributed by atoms with Gasteiger partial charge in [-0.25, -0.2) is 4.39 Å². The molecule has 0 bridgehead atoms. The van der Waals surface area contributed by atoms with E-state index in [1.54, 1.807) is 24.1 Å². The van der Waals surface area contributed by atoms with Crippen LogP contribution in [0.4, 0.5) is 17.6 Å². The Kier molecular flexibility index (Phi) is 4.03. The van der Waals surface area contributed by atoms with E-state index in [-0.39, 0.29) is 18.3 Å². The molecular formula is C12H11F4N3O. The van der Waals surface area contributed by atoms with Crippen LogP contribution < -0.4 is 0 Å². The minimum absolute atomic E-state index is 0.0413. The highest BCUT2D eigenvalue weighted by molar-refractivity contribution is 5.16. The first-order valence-corrected chi connectivity index (χ1v) is 5.67. The predicted molar refractivity (Wildman–Crippen MR) is 60.9 cm³/mol. The monoisotopic (exact) mass is 289 g/mol. The fourth-order valence-corrected chi connectivity index (χ4v) is 1.67. The van der Waals surface area contributed by atoms with Gasteiger partial charge in [-0.3, -0.25) is 4.90 Å². The SMILES string of the molecule is CN(Cc1cccc(F)c1)Cc1nnc(C(F)(F)F)o1. The van der Waals surface area contributed by atoms with E-state index in [0.717, 1.165) is 0 Å². The molecule has 4 nitrogen and oxygen atoms in total. The van der Waals surface area contributed by atoms with Crippen LogP contribution in [0.3, 0.4) is 0 Å². The summed E-state index contributed by atoms with van der Waals surface area (Å²) in [4.78, 5) is 1.64. The number of rotatable bonds is 4. The summed E-state index contributed by atoms with van der Waals surface area (Å²) >= 11 is 0. The maximum atomic E-state index is 13.0. The summed E-state index contributed by atoms with van der Waals surface area (Å²) in [5, 5.41) is 6.26. The lowest BCUT2D eigenvalue weighted by Crippen LogP contribution is -2.17. The summed E-state index contributed by atoms with van der Waals surface area (Å²) in [7, 11) is 1.66. The molecule has 0 aliphatic heterocycles. The molecule has 0 spiro atoms. The van der Waals surface area contributed by atoms with Gasteiger partial charge in [0.2, 0.25) is 5.89 Å². The average Bonchev–Trinajstić information content (AvgIpc) is 2.76. The van der Waals surface area contributed by atoms with Crippen LogP contribution in [0, 0.1) is 5.82 Å². The third kappa shape index (κ3) is 3.77. The van der Waals surface area contributed by atoms with Crippen LogP contribution >= 0.6 is 0 Å². The Morgan fingerprint density at radius 3 is 2.55 bits per heavy atom. The number of hydrogen-bond acceptors (Lipinski definition) is 4. The zero-order valence-corrected chi connectivity index (χ0v) is 10.5. The highest BCUT2D eigenvalue weighted by atomic mass is 19.4. The normalized spacial score (nSPS) is 12.1. The maximum absolute atomic E-state index is 13.0. The molecule has 0 saturated carbocycles. The Balaban J connectivity index is 1.98. The molecular weight excluding hydrogens is 278 g/mol. The molecule has 1 aromatic heterocycles. The summed E-state index contributed by atoms with van der Waals surface area (Å²) in [6.45, 7) is 0.390. The number of nitrogens with zero attached hydrogens (tertiary/aromatic N) is 3. The van der Waals surface area contributed by atoms with Gasteiger partial charge in [-0.05, 0) is 24.7 Å². The molecule has 0 amide bonds. The molecule has 108 valence electrons. The van der Waals surface area contributed by atoms with E-state index in [0.29, 0.717) is 12.1 Å². The Labute approximate surface area is 112 Å². The Morgan fingerprint density at radius 2 is 1.95 bits per heavy atom. The summed E-state index contributed by atoms with van der Waals surface area (Å²) in [5.41, 5.74) is 0.697. The van der Waals surface area contributed by atoms with Gasteiger partial charge in [0, 0.05) is 6.54 Å². The molecule has 8 heteroatoms. The van der Waals surface area contributed by atoms with E-state index >= 15 is 0 Å². The summed E-state index contributed by atoms with van der Waals surface area (Å²) in [6.07, 6.45) is -4.65. The maximum Gasteiger partial charge on any atom is 0.470 e. The summed E-state index contributed by atoms with van der Waals surface area (Å²) in [6, 6.07) is 5.95. The van der Waals surface area contributed by atoms with Gasteiger partial charge < -0.3 is 4.42 Å². The smallest absolute Gasteiger partial charge is 0.416 e. The first kappa shape index (κ1) is 14.4. The minimum atomic E-state index is -4.65. The molecule has 1 heterocycles. The lowest BCUT2D eigenvalue weighted by molar-refractivity contribution is -0.157. The van der Waals surface area contributed by atoms with Crippen LogP contribution in [0.25, 0.3) is 0 Å². The van der Waals surface area contributed by atoms with Crippen LogP contribution in [-0.4, -0.2) is 22.1 Å². The van der Waals surface area contributed by atoms with Gasteiger partial charge in [0.05, 0.1) is 6.54 Å². The van der Waals surface area contributed by atoms with Crippen LogP contribution in [0.1, 0.15) is 17.3 Å². The zero-order valence-electron chi connectivity index (χ0n) is 10.5. The Hall–Kier alpha value is -1.96. The van der Waals surface area contributed by atoms with E-state index in [2.05, 4.69) is 14.6 Å². The van der Waals surface area contributed by atoms with Crippen molar-refractivity contribution in [1.29, 1.82) is 0 Å². The van der Waals surface area contributed by atoms with Crippen molar-refractivity contribution < 1.29 is 22.0 Å². The first-order chi connectivity index (χ1) is 9.34. The van der Waals surface area contributed by atoms with E-state index in [1.807, 2.05) is 0 Å². The highest BCUT2D eigenvalue weighted by Gasteiger charge is 2.38. The van der Waals surface area contributed by atoms with Crippen molar-refractivity contribution in [2.45, 2.75) is 19.3 Å². The van der Waals surface area contributed by atoms with Crippen molar-refractivity contribution in [3.63, 3.8) is 0 Å². The van der Waals surface area contributed by atoms with Crippen LogP contribution in [-0.2, 0) is 19.3 Å². The van der Waals surface area contributed by atoms with Gasteiger partial charge >= 0.3 is 12.1 Å². The molecule has 2 rings (SSSR count). The van der Waals surface area contributed by atoms with E-state index in [4.69, 9.17) is 0 Å². The molecule has 0 aliphatic rings. The van der Waals surface area contributed by atoms with Gasteiger partial charge in [0.15, 0.2) is 0 Å². The lowest BCUT2D eigenvalue weighted by Gasteiger charge is -2.14. The summed E-state index contributed by atoms with van der Waals surface area (Å²) in [5.74, 6) is -1.88. The molecule has 0 saturated heterocycles. The molecule has 0 radical (unpaired) electrons. The van der Waals surface area contributed by atoms with Crippen molar-refractivity contribution in [2.24, 2.45) is 0 Å². The largest absolute Gasteiger partial charge is 0.470 e. The molecule has 0 aliphatic carbocycles. The van der Waals surface area contributed by atoms with Gasteiger partial charge in [-0.15, -0.1) is 10.2 Å². The quantitative estimate of drug-likeness (QED) is 0.812. The van der Waals surface area contributed by atoms with Crippen LogP contribution in [0.2, 0.25) is 0 Å². The van der Waals surface area contributed by atoms with Gasteiger partial charge in [0.1, 0.15) is 5.82 Å². The standard InChI is InChI=1S/C12H11F4N3O/c1-19(6-8-3-2-4-9(13)5-8)7-10-17-18-11(20-10)12(14,15)16/h2-5H,6-7H2,1H3. The van der Waals surface area contributed by atoms with Gasteiger partial charge in [-0.2, -0.15) is 13.2 Å². The molecule has 0 atom stereocenters. The molecule has 1 aromatic carbocycles. The number of halogens is 4. The third-order valence-electron chi connectivity index (χ3n) is 2.46. The third-order valence-corrected chi connectivity index (χ3v) is 2.46. The fourth-order valence-electron chi connectivity index (χ4n) is 1.67. The van der Waals surface area contributed by atoms with Crippen LogP contribution in [0.5, 0.6) is 0 Å². The highest BCUT2D eigenvalue weighted by Crippen LogP contribution is 2.27. The second-order valence-electron chi connectivity index (χ2n) is 4.30. The molecule has 0 N–H and O–H groups in total. The number of alkyl halides is 3. The molecule has 20 heavy (non-hydrogen) atoms. The second kappa shape index (κ2) is 5.58.